The van der Waals surface area contributed by atoms with Crippen LogP contribution in [0.4, 0.5) is 0 Å². The molecule has 0 aromatic carbocycles. The molecule has 0 aromatic rings. The first kappa shape index (κ1) is 16.1. The first-order valence-corrected chi connectivity index (χ1v) is 8.11. The lowest BCUT2D eigenvalue weighted by Crippen LogP contribution is -2.61. The van der Waals surface area contributed by atoms with Gasteiger partial charge in [0.1, 0.15) is 6.04 Å². The van der Waals surface area contributed by atoms with Crippen LogP contribution < -0.4 is 5.32 Å². The lowest BCUT2D eigenvalue weighted by atomic mass is 9.79. The fourth-order valence-electron chi connectivity index (χ4n) is 3.97. The molecule has 4 heteroatoms. The molecule has 0 radical (unpaired) electrons. The summed E-state index contributed by atoms with van der Waals surface area (Å²) >= 11 is 0. The van der Waals surface area contributed by atoms with Gasteiger partial charge in [0.25, 0.3) is 0 Å². The molecule has 2 aliphatic rings. The highest BCUT2D eigenvalue weighted by atomic mass is 16.2. The molecule has 2 rings (SSSR count). The van der Waals surface area contributed by atoms with Crippen molar-refractivity contribution in [3.8, 4) is 0 Å². The quantitative estimate of drug-likeness (QED) is 0.809. The van der Waals surface area contributed by atoms with Gasteiger partial charge in [-0.05, 0) is 43.1 Å². The van der Waals surface area contributed by atoms with E-state index in [1.165, 1.54) is 6.08 Å². The second-order valence-electron chi connectivity index (χ2n) is 7.12. The maximum Gasteiger partial charge on any atom is 0.245 e. The Morgan fingerprint density at radius 1 is 1.29 bits per heavy atom. The summed E-state index contributed by atoms with van der Waals surface area (Å²) in [6, 6.07) is 0.277. The molecule has 4 atom stereocenters. The molecule has 2 heterocycles. The van der Waals surface area contributed by atoms with Crippen molar-refractivity contribution >= 4 is 11.8 Å². The maximum atomic E-state index is 13.0. The van der Waals surface area contributed by atoms with Crippen LogP contribution in [-0.2, 0) is 9.59 Å². The molecule has 4 unspecified atom stereocenters. The fourth-order valence-corrected chi connectivity index (χ4v) is 3.97. The summed E-state index contributed by atoms with van der Waals surface area (Å²) in [6.07, 6.45) is 4.43. The number of fused-ring (bicyclic) bond motifs is 1. The van der Waals surface area contributed by atoms with Gasteiger partial charge in [0, 0.05) is 12.1 Å². The Morgan fingerprint density at radius 2 is 1.95 bits per heavy atom. The zero-order chi connectivity index (χ0) is 15.7. The van der Waals surface area contributed by atoms with E-state index in [-0.39, 0.29) is 17.7 Å². The second kappa shape index (κ2) is 6.20. The second-order valence-corrected chi connectivity index (χ2v) is 7.12. The van der Waals surface area contributed by atoms with Crippen LogP contribution in [0.25, 0.3) is 0 Å². The fraction of sp³-hybridized carbons (Fsp3) is 0.765. The number of nitrogens with one attached hydrogen (secondary N) is 1. The molecule has 2 saturated heterocycles. The minimum Gasteiger partial charge on any atom is -0.340 e. The Morgan fingerprint density at radius 3 is 2.48 bits per heavy atom. The number of carbonyl (C=O) groups is 2. The molecule has 1 N–H and O–H groups in total. The van der Waals surface area contributed by atoms with Gasteiger partial charge in [0.2, 0.25) is 11.8 Å². The van der Waals surface area contributed by atoms with Crippen LogP contribution in [0.1, 0.15) is 47.0 Å². The van der Waals surface area contributed by atoms with Gasteiger partial charge in [-0.3, -0.25) is 9.59 Å². The summed E-state index contributed by atoms with van der Waals surface area (Å²) in [5, 5.41) is 2.87. The van der Waals surface area contributed by atoms with Gasteiger partial charge in [-0.25, -0.2) is 0 Å². The van der Waals surface area contributed by atoms with Crippen LogP contribution >= 0.6 is 0 Å². The Hall–Kier alpha value is -1.32. The van der Waals surface area contributed by atoms with E-state index in [9.17, 15) is 9.59 Å². The summed E-state index contributed by atoms with van der Waals surface area (Å²) in [6.45, 7) is 12.1. The predicted molar refractivity (Wildman–Crippen MR) is 83.6 cm³/mol. The number of hydrogen-bond donors (Lipinski definition) is 1. The Kier molecular flexibility index (Phi) is 4.74. The summed E-state index contributed by atoms with van der Waals surface area (Å²) in [5.41, 5.74) is 0. The zero-order valence-corrected chi connectivity index (χ0v) is 13.6. The molecule has 21 heavy (non-hydrogen) atoms. The number of hydrogen-bond acceptors (Lipinski definition) is 2. The van der Waals surface area contributed by atoms with Crippen LogP contribution in [-0.4, -0.2) is 34.8 Å². The molecule has 0 spiro atoms. The van der Waals surface area contributed by atoms with Gasteiger partial charge in [-0.2, -0.15) is 0 Å². The van der Waals surface area contributed by atoms with E-state index in [1.807, 2.05) is 0 Å². The monoisotopic (exact) mass is 292 g/mol. The van der Waals surface area contributed by atoms with Crippen molar-refractivity contribution in [2.45, 2.75) is 65.1 Å². The van der Waals surface area contributed by atoms with E-state index >= 15 is 0 Å². The van der Waals surface area contributed by atoms with E-state index in [4.69, 9.17) is 0 Å². The molecular weight excluding hydrogens is 264 g/mol. The number of carbonyl (C=O) groups excluding carboxylic acids is 2. The first-order valence-electron chi connectivity index (χ1n) is 8.11. The third kappa shape index (κ3) is 2.99. The van der Waals surface area contributed by atoms with Crippen molar-refractivity contribution in [3.63, 3.8) is 0 Å². The number of rotatable bonds is 4. The topological polar surface area (TPSA) is 49.4 Å². The first-order chi connectivity index (χ1) is 9.86. The average molecular weight is 292 g/mol. The number of nitrogens with zero attached hydrogens (tertiary/aromatic N) is 1. The number of amides is 2. The third-order valence-electron chi connectivity index (χ3n) is 5.15. The van der Waals surface area contributed by atoms with Gasteiger partial charge >= 0.3 is 0 Å². The van der Waals surface area contributed by atoms with Crippen LogP contribution in [0.15, 0.2) is 12.7 Å². The standard InChI is InChI=1S/C17H28N2O2/c1-6-15(20)18-16-13(10(2)3)9-12-7-8-14(11(4)5)19(12)17(16)21/h6,10-14,16H,1,7-9H2,2-5H3,(H,18,20). The minimum atomic E-state index is -0.397. The molecule has 0 aromatic heterocycles. The molecule has 0 bridgehead atoms. The molecule has 0 saturated carbocycles. The van der Waals surface area contributed by atoms with Crippen molar-refractivity contribution < 1.29 is 9.59 Å². The Labute approximate surface area is 128 Å². The van der Waals surface area contributed by atoms with Crippen LogP contribution in [0.2, 0.25) is 0 Å². The van der Waals surface area contributed by atoms with Crippen LogP contribution in [0.5, 0.6) is 0 Å². The van der Waals surface area contributed by atoms with Gasteiger partial charge in [-0.1, -0.05) is 34.3 Å². The van der Waals surface area contributed by atoms with Crippen molar-refractivity contribution in [1.29, 1.82) is 0 Å². The van der Waals surface area contributed by atoms with Crippen molar-refractivity contribution in [3.05, 3.63) is 12.7 Å². The van der Waals surface area contributed by atoms with Gasteiger partial charge < -0.3 is 10.2 Å². The molecule has 0 aliphatic carbocycles. The van der Waals surface area contributed by atoms with Crippen molar-refractivity contribution in [2.75, 3.05) is 0 Å². The highest BCUT2D eigenvalue weighted by molar-refractivity contribution is 5.93. The Bertz CT molecular complexity index is 431. The lowest BCUT2D eigenvalue weighted by Gasteiger charge is -2.45. The van der Waals surface area contributed by atoms with Crippen molar-refractivity contribution in [2.24, 2.45) is 17.8 Å². The molecule has 2 fully saturated rings. The smallest absolute Gasteiger partial charge is 0.245 e. The van der Waals surface area contributed by atoms with E-state index < -0.39 is 6.04 Å². The van der Waals surface area contributed by atoms with Gasteiger partial charge in [-0.15, -0.1) is 0 Å². The largest absolute Gasteiger partial charge is 0.340 e. The SMILES string of the molecule is C=CC(=O)NC1C(=O)N2C(CCC2C(C)C)CC1C(C)C. The minimum absolute atomic E-state index is 0.108. The molecule has 2 amide bonds. The Balaban J connectivity index is 2.25. The summed E-state index contributed by atoms with van der Waals surface area (Å²) < 4.78 is 0. The highest BCUT2D eigenvalue weighted by Crippen LogP contribution is 2.39. The summed E-state index contributed by atoms with van der Waals surface area (Å²) in [7, 11) is 0. The lowest BCUT2D eigenvalue weighted by molar-refractivity contribution is -0.146. The van der Waals surface area contributed by atoms with Crippen LogP contribution in [0.3, 0.4) is 0 Å². The van der Waals surface area contributed by atoms with E-state index in [0.29, 0.717) is 23.9 Å². The predicted octanol–water partition coefficient (Wildman–Crippen LogP) is 2.35. The van der Waals surface area contributed by atoms with Crippen LogP contribution in [0, 0.1) is 17.8 Å². The highest BCUT2D eigenvalue weighted by Gasteiger charge is 2.49. The van der Waals surface area contributed by atoms with E-state index in [0.717, 1.165) is 19.3 Å². The number of piperidine rings is 1. The zero-order valence-electron chi connectivity index (χ0n) is 13.6. The maximum absolute atomic E-state index is 13.0. The van der Waals surface area contributed by atoms with Crippen molar-refractivity contribution in [1.82, 2.24) is 10.2 Å². The third-order valence-corrected chi connectivity index (χ3v) is 5.15. The molecule has 118 valence electrons. The van der Waals surface area contributed by atoms with Gasteiger partial charge in [0.05, 0.1) is 0 Å². The molecular formula is C17H28N2O2. The summed E-state index contributed by atoms with van der Waals surface area (Å²) in [5.74, 6) is 0.914. The van der Waals surface area contributed by atoms with E-state index in [1.54, 1.807) is 0 Å². The summed E-state index contributed by atoms with van der Waals surface area (Å²) in [4.78, 5) is 26.7. The average Bonchev–Trinajstić information content (AvgIpc) is 2.85. The molecule has 2 aliphatic heterocycles. The molecule has 4 nitrogen and oxygen atoms in total. The normalized spacial score (nSPS) is 32.5. The van der Waals surface area contributed by atoms with Gasteiger partial charge in [0.15, 0.2) is 0 Å². The van der Waals surface area contributed by atoms with E-state index in [2.05, 4.69) is 44.5 Å².